The smallest absolute Gasteiger partial charge is 0.237 e. The molecule has 1 saturated carbocycles. The Morgan fingerprint density at radius 3 is 2.85 bits per heavy atom. The van der Waals surface area contributed by atoms with Crippen molar-refractivity contribution in [1.82, 2.24) is 5.32 Å². The fourth-order valence-corrected chi connectivity index (χ4v) is 2.85. The zero-order valence-corrected chi connectivity index (χ0v) is 12.1. The third kappa shape index (κ3) is 3.51. The topological polar surface area (TPSA) is 64.3 Å². The molecule has 0 bridgehead atoms. The molecule has 1 aromatic carbocycles. The number of benzene rings is 1. The van der Waals surface area contributed by atoms with Gasteiger partial charge in [-0.2, -0.15) is 0 Å². The van der Waals surface area contributed by atoms with E-state index in [1.165, 1.54) is 0 Å². The van der Waals surface area contributed by atoms with Crippen LogP contribution in [0.5, 0.6) is 5.75 Å². The van der Waals surface area contributed by atoms with E-state index in [4.69, 9.17) is 10.5 Å². The molecule has 1 aliphatic carbocycles. The van der Waals surface area contributed by atoms with Crippen LogP contribution in [0.1, 0.15) is 39.0 Å². The van der Waals surface area contributed by atoms with Crippen LogP contribution in [0.4, 0.5) is 0 Å². The molecule has 0 aliphatic heterocycles. The van der Waals surface area contributed by atoms with Gasteiger partial charge in [0.15, 0.2) is 0 Å². The maximum absolute atomic E-state index is 11.9. The van der Waals surface area contributed by atoms with E-state index in [0.29, 0.717) is 6.42 Å². The Morgan fingerprint density at radius 1 is 1.45 bits per heavy atom. The van der Waals surface area contributed by atoms with Crippen molar-refractivity contribution in [2.45, 2.75) is 50.7 Å². The SMILES string of the molecule is CCCNC1(C(N)=O)CCCC(Oc2ccccc2)C1. The van der Waals surface area contributed by atoms with E-state index in [0.717, 1.165) is 38.0 Å². The first-order valence-corrected chi connectivity index (χ1v) is 7.43. The van der Waals surface area contributed by atoms with Gasteiger partial charge in [0, 0.05) is 6.42 Å². The highest BCUT2D eigenvalue weighted by atomic mass is 16.5. The summed E-state index contributed by atoms with van der Waals surface area (Å²) in [4.78, 5) is 11.9. The van der Waals surface area contributed by atoms with Crippen LogP contribution < -0.4 is 15.8 Å². The van der Waals surface area contributed by atoms with Crippen LogP contribution in [-0.2, 0) is 4.79 Å². The van der Waals surface area contributed by atoms with Gasteiger partial charge in [-0.1, -0.05) is 25.1 Å². The molecule has 0 heterocycles. The molecule has 1 fully saturated rings. The first-order valence-electron chi connectivity index (χ1n) is 7.43. The molecule has 0 spiro atoms. The van der Waals surface area contributed by atoms with Crippen LogP contribution in [0.15, 0.2) is 30.3 Å². The van der Waals surface area contributed by atoms with E-state index >= 15 is 0 Å². The minimum absolute atomic E-state index is 0.0445. The molecule has 3 N–H and O–H groups in total. The standard InChI is InChI=1S/C16H24N2O2/c1-2-11-18-16(15(17)19)10-6-9-14(12-16)20-13-7-4-3-5-8-13/h3-5,7-8,14,18H,2,6,9-12H2,1H3,(H2,17,19). The van der Waals surface area contributed by atoms with Crippen molar-refractivity contribution in [1.29, 1.82) is 0 Å². The fourth-order valence-electron chi connectivity index (χ4n) is 2.85. The number of nitrogens with two attached hydrogens (primary N) is 1. The van der Waals surface area contributed by atoms with Crippen molar-refractivity contribution in [3.8, 4) is 5.75 Å². The molecule has 2 unspecified atom stereocenters. The van der Waals surface area contributed by atoms with Gasteiger partial charge in [-0.15, -0.1) is 0 Å². The predicted octanol–water partition coefficient (Wildman–Crippen LogP) is 2.23. The van der Waals surface area contributed by atoms with Crippen LogP contribution >= 0.6 is 0 Å². The Hall–Kier alpha value is -1.55. The summed E-state index contributed by atoms with van der Waals surface area (Å²) >= 11 is 0. The van der Waals surface area contributed by atoms with Crippen molar-refractivity contribution < 1.29 is 9.53 Å². The molecular formula is C16H24N2O2. The third-order valence-electron chi connectivity index (χ3n) is 3.94. The summed E-state index contributed by atoms with van der Waals surface area (Å²) in [6, 6.07) is 9.76. The number of carbonyl (C=O) groups excluding carboxylic acids is 1. The maximum atomic E-state index is 11.9. The Balaban J connectivity index is 2.04. The minimum Gasteiger partial charge on any atom is -0.490 e. The van der Waals surface area contributed by atoms with Crippen molar-refractivity contribution in [2.24, 2.45) is 5.73 Å². The number of primary amides is 1. The Morgan fingerprint density at radius 2 is 2.20 bits per heavy atom. The van der Waals surface area contributed by atoms with Crippen molar-refractivity contribution in [2.75, 3.05) is 6.54 Å². The predicted molar refractivity (Wildman–Crippen MR) is 79.5 cm³/mol. The van der Waals surface area contributed by atoms with Crippen molar-refractivity contribution in [3.05, 3.63) is 30.3 Å². The highest BCUT2D eigenvalue weighted by molar-refractivity contribution is 5.84. The van der Waals surface area contributed by atoms with Gasteiger partial charge in [-0.3, -0.25) is 4.79 Å². The van der Waals surface area contributed by atoms with Crippen molar-refractivity contribution >= 4 is 5.91 Å². The molecule has 0 saturated heterocycles. The fraction of sp³-hybridized carbons (Fsp3) is 0.562. The number of amides is 1. The lowest BCUT2D eigenvalue weighted by Gasteiger charge is -2.39. The van der Waals surface area contributed by atoms with Crippen LogP contribution in [0.3, 0.4) is 0 Å². The number of nitrogens with one attached hydrogen (secondary N) is 1. The van der Waals surface area contributed by atoms with E-state index in [9.17, 15) is 4.79 Å². The van der Waals surface area contributed by atoms with E-state index < -0.39 is 5.54 Å². The maximum Gasteiger partial charge on any atom is 0.237 e. The lowest BCUT2D eigenvalue weighted by molar-refractivity contribution is -0.127. The quantitative estimate of drug-likeness (QED) is 0.837. The Bertz CT molecular complexity index is 435. The van der Waals surface area contributed by atoms with Gasteiger partial charge in [-0.05, 0) is 44.4 Å². The summed E-state index contributed by atoms with van der Waals surface area (Å²) in [5.41, 5.74) is 5.04. The highest BCUT2D eigenvalue weighted by Crippen LogP contribution is 2.31. The molecular weight excluding hydrogens is 252 g/mol. The van der Waals surface area contributed by atoms with Crippen LogP contribution in [-0.4, -0.2) is 24.1 Å². The molecule has 4 heteroatoms. The first kappa shape index (κ1) is 14.9. The van der Waals surface area contributed by atoms with Gasteiger partial charge in [0.25, 0.3) is 0 Å². The van der Waals surface area contributed by atoms with Crippen LogP contribution in [0, 0.1) is 0 Å². The molecule has 0 radical (unpaired) electrons. The van der Waals surface area contributed by atoms with Gasteiger partial charge in [0.05, 0.1) is 0 Å². The monoisotopic (exact) mass is 276 g/mol. The van der Waals surface area contributed by atoms with E-state index in [-0.39, 0.29) is 12.0 Å². The summed E-state index contributed by atoms with van der Waals surface area (Å²) in [6.45, 7) is 2.89. The third-order valence-corrected chi connectivity index (χ3v) is 3.94. The molecule has 1 aromatic rings. The number of carbonyl (C=O) groups is 1. The second-order valence-electron chi connectivity index (χ2n) is 5.52. The molecule has 2 atom stereocenters. The Kier molecular flexibility index (Phi) is 5.01. The zero-order chi connectivity index (χ0) is 14.4. The molecule has 1 amide bonds. The normalized spacial score (nSPS) is 26.1. The lowest BCUT2D eigenvalue weighted by atomic mass is 9.79. The molecule has 1 aliphatic rings. The molecule has 2 rings (SSSR count). The molecule has 4 nitrogen and oxygen atoms in total. The number of hydrogen-bond donors (Lipinski definition) is 2. The number of rotatable bonds is 6. The van der Waals surface area contributed by atoms with Gasteiger partial charge < -0.3 is 15.8 Å². The van der Waals surface area contributed by atoms with Crippen molar-refractivity contribution in [3.63, 3.8) is 0 Å². The van der Waals surface area contributed by atoms with Crippen LogP contribution in [0.25, 0.3) is 0 Å². The summed E-state index contributed by atoms with van der Waals surface area (Å²) in [7, 11) is 0. The highest BCUT2D eigenvalue weighted by Gasteiger charge is 2.41. The average Bonchev–Trinajstić information content (AvgIpc) is 2.46. The summed E-state index contributed by atoms with van der Waals surface area (Å²) in [5, 5.41) is 3.35. The van der Waals surface area contributed by atoms with Gasteiger partial charge in [-0.25, -0.2) is 0 Å². The molecule has 0 aromatic heterocycles. The molecule has 20 heavy (non-hydrogen) atoms. The van der Waals surface area contributed by atoms with Gasteiger partial charge in [0.2, 0.25) is 5.91 Å². The van der Waals surface area contributed by atoms with Gasteiger partial charge >= 0.3 is 0 Å². The summed E-state index contributed by atoms with van der Waals surface area (Å²) in [6.07, 6.45) is 4.41. The first-order chi connectivity index (χ1) is 9.66. The number of para-hydroxylation sites is 1. The van der Waals surface area contributed by atoms with Crippen LogP contribution in [0.2, 0.25) is 0 Å². The van der Waals surface area contributed by atoms with E-state index in [1.807, 2.05) is 30.3 Å². The lowest BCUT2D eigenvalue weighted by Crippen LogP contribution is -2.59. The second-order valence-corrected chi connectivity index (χ2v) is 5.52. The summed E-state index contributed by atoms with van der Waals surface area (Å²) < 4.78 is 5.99. The van der Waals surface area contributed by atoms with E-state index in [1.54, 1.807) is 0 Å². The summed E-state index contributed by atoms with van der Waals surface area (Å²) in [5.74, 6) is 0.598. The van der Waals surface area contributed by atoms with Gasteiger partial charge in [0.1, 0.15) is 17.4 Å². The number of hydrogen-bond acceptors (Lipinski definition) is 3. The second kappa shape index (κ2) is 6.75. The number of ether oxygens (including phenoxy) is 1. The van der Waals surface area contributed by atoms with E-state index in [2.05, 4.69) is 12.2 Å². The molecule has 110 valence electrons. The minimum atomic E-state index is -0.603. The largest absolute Gasteiger partial charge is 0.490 e. The average molecular weight is 276 g/mol. The Labute approximate surface area is 120 Å². The zero-order valence-electron chi connectivity index (χ0n) is 12.1.